The van der Waals surface area contributed by atoms with Crippen LogP contribution in [0.1, 0.15) is 29.7 Å². The SMILES string of the molecule is Cc1cccc(OC2CCN(CC(=O)Nc3ccc(C)c(C)c3)CC2)n1. The van der Waals surface area contributed by atoms with E-state index in [2.05, 4.69) is 29.0 Å². The third-order valence-corrected chi connectivity index (χ3v) is 4.84. The van der Waals surface area contributed by atoms with Gasteiger partial charge in [0.15, 0.2) is 0 Å². The number of anilines is 1. The maximum absolute atomic E-state index is 12.3. The first kappa shape index (κ1) is 18.4. The molecule has 1 aliphatic rings. The molecule has 1 saturated heterocycles. The lowest BCUT2D eigenvalue weighted by atomic mass is 10.1. The zero-order valence-corrected chi connectivity index (χ0v) is 15.8. The van der Waals surface area contributed by atoms with Gasteiger partial charge in [0.1, 0.15) is 6.10 Å². The lowest BCUT2D eigenvalue weighted by molar-refractivity contribution is -0.117. The summed E-state index contributed by atoms with van der Waals surface area (Å²) in [5.74, 6) is 0.726. The zero-order chi connectivity index (χ0) is 18.5. The summed E-state index contributed by atoms with van der Waals surface area (Å²) in [4.78, 5) is 18.9. The maximum atomic E-state index is 12.3. The molecule has 0 atom stereocenters. The van der Waals surface area contributed by atoms with Gasteiger partial charge in [-0.15, -0.1) is 0 Å². The van der Waals surface area contributed by atoms with Gasteiger partial charge in [0.05, 0.1) is 6.54 Å². The highest BCUT2D eigenvalue weighted by Crippen LogP contribution is 2.18. The number of amides is 1. The van der Waals surface area contributed by atoms with Crippen LogP contribution in [0.15, 0.2) is 36.4 Å². The number of carbonyl (C=O) groups is 1. The molecule has 0 saturated carbocycles. The first-order valence-corrected chi connectivity index (χ1v) is 9.19. The van der Waals surface area contributed by atoms with Gasteiger partial charge in [-0.3, -0.25) is 9.69 Å². The Kier molecular flexibility index (Phi) is 5.89. The largest absolute Gasteiger partial charge is 0.474 e. The standard InChI is InChI=1S/C21H27N3O2/c1-15-7-8-18(13-16(15)2)23-20(25)14-24-11-9-19(10-12-24)26-21-6-4-5-17(3)22-21/h4-8,13,19H,9-12,14H2,1-3H3,(H,23,25). The molecule has 1 aromatic heterocycles. The molecule has 1 amide bonds. The fourth-order valence-corrected chi connectivity index (χ4v) is 3.16. The van der Waals surface area contributed by atoms with Gasteiger partial charge in [-0.1, -0.05) is 12.1 Å². The van der Waals surface area contributed by atoms with Crippen LogP contribution in [0.2, 0.25) is 0 Å². The van der Waals surface area contributed by atoms with E-state index in [1.165, 1.54) is 11.1 Å². The lowest BCUT2D eigenvalue weighted by Gasteiger charge is -2.31. The van der Waals surface area contributed by atoms with Crippen LogP contribution in [0.4, 0.5) is 5.69 Å². The third kappa shape index (κ3) is 5.05. The van der Waals surface area contributed by atoms with Crippen molar-refractivity contribution < 1.29 is 9.53 Å². The zero-order valence-electron chi connectivity index (χ0n) is 15.8. The molecule has 5 heteroatoms. The molecular formula is C21H27N3O2. The van der Waals surface area contributed by atoms with Crippen LogP contribution in [-0.2, 0) is 4.79 Å². The van der Waals surface area contributed by atoms with Crippen LogP contribution in [0, 0.1) is 20.8 Å². The van der Waals surface area contributed by atoms with Gasteiger partial charge in [0, 0.05) is 30.5 Å². The Morgan fingerprint density at radius 2 is 1.92 bits per heavy atom. The second-order valence-electron chi connectivity index (χ2n) is 7.06. The van der Waals surface area contributed by atoms with Gasteiger partial charge in [-0.2, -0.15) is 0 Å². The third-order valence-electron chi connectivity index (χ3n) is 4.84. The van der Waals surface area contributed by atoms with Crippen molar-refractivity contribution in [3.05, 3.63) is 53.2 Å². The van der Waals surface area contributed by atoms with Gasteiger partial charge < -0.3 is 10.1 Å². The van der Waals surface area contributed by atoms with Gasteiger partial charge >= 0.3 is 0 Å². The molecule has 0 radical (unpaired) electrons. The molecule has 0 spiro atoms. The van der Waals surface area contributed by atoms with Crippen molar-refractivity contribution in [3.8, 4) is 5.88 Å². The summed E-state index contributed by atoms with van der Waals surface area (Å²) in [6, 6.07) is 11.8. The topological polar surface area (TPSA) is 54.5 Å². The van der Waals surface area contributed by atoms with E-state index in [-0.39, 0.29) is 12.0 Å². The smallest absolute Gasteiger partial charge is 0.238 e. The highest BCUT2D eigenvalue weighted by Gasteiger charge is 2.22. The molecule has 0 aliphatic carbocycles. The number of nitrogens with one attached hydrogen (secondary N) is 1. The Hall–Kier alpha value is -2.40. The van der Waals surface area contributed by atoms with Crippen LogP contribution in [0.3, 0.4) is 0 Å². The number of carbonyl (C=O) groups excluding carboxylic acids is 1. The molecule has 5 nitrogen and oxygen atoms in total. The van der Waals surface area contributed by atoms with Crippen LogP contribution < -0.4 is 10.1 Å². The number of hydrogen-bond acceptors (Lipinski definition) is 4. The van der Waals surface area contributed by atoms with E-state index < -0.39 is 0 Å². The number of pyridine rings is 1. The minimum Gasteiger partial charge on any atom is -0.474 e. The summed E-state index contributed by atoms with van der Waals surface area (Å²) in [5, 5.41) is 2.99. The summed E-state index contributed by atoms with van der Waals surface area (Å²) >= 11 is 0. The number of nitrogens with zero attached hydrogens (tertiary/aromatic N) is 2. The second-order valence-corrected chi connectivity index (χ2v) is 7.06. The van der Waals surface area contributed by atoms with Crippen molar-refractivity contribution in [1.82, 2.24) is 9.88 Å². The van der Waals surface area contributed by atoms with E-state index in [0.717, 1.165) is 37.3 Å². The summed E-state index contributed by atoms with van der Waals surface area (Å²) in [6.45, 7) is 8.22. The normalized spacial score (nSPS) is 15.7. The minimum absolute atomic E-state index is 0.0352. The number of aryl methyl sites for hydroxylation is 3. The van der Waals surface area contributed by atoms with Crippen molar-refractivity contribution in [1.29, 1.82) is 0 Å². The summed E-state index contributed by atoms with van der Waals surface area (Å²) in [5.41, 5.74) is 4.24. The Labute approximate surface area is 155 Å². The van der Waals surface area contributed by atoms with Gasteiger partial charge in [0.25, 0.3) is 0 Å². The average Bonchev–Trinajstić information content (AvgIpc) is 2.60. The van der Waals surface area contributed by atoms with E-state index in [0.29, 0.717) is 12.4 Å². The molecule has 1 aromatic carbocycles. The Morgan fingerprint density at radius 1 is 1.15 bits per heavy atom. The number of benzene rings is 1. The van der Waals surface area contributed by atoms with Crippen molar-refractivity contribution in [2.75, 3.05) is 25.0 Å². The number of piperidine rings is 1. The number of likely N-dealkylation sites (tertiary alicyclic amines) is 1. The number of hydrogen-bond donors (Lipinski definition) is 1. The Balaban J connectivity index is 1.44. The molecule has 2 aromatic rings. The van der Waals surface area contributed by atoms with Crippen molar-refractivity contribution >= 4 is 11.6 Å². The predicted octanol–water partition coefficient (Wildman–Crippen LogP) is 3.49. The quantitative estimate of drug-likeness (QED) is 0.894. The highest BCUT2D eigenvalue weighted by molar-refractivity contribution is 5.92. The molecule has 1 aliphatic heterocycles. The van der Waals surface area contributed by atoms with E-state index in [1.54, 1.807) is 0 Å². The van der Waals surface area contributed by atoms with Crippen LogP contribution in [-0.4, -0.2) is 41.5 Å². The van der Waals surface area contributed by atoms with E-state index in [1.807, 2.05) is 43.3 Å². The molecule has 138 valence electrons. The average molecular weight is 353 g/mol. The molecule has 1 N–H and O–H groups in total. The molecule has 2 heterocycles. The highest BCUT2D eigenvalue weighted by atomic mass is 16.5. The predicted molar refractivity (Wildman–Crippen MR) is 104 cm³/mol. The van der Waals surface area contributed by atoms with Crippen LogP contribution >= 0.6 is 0 Å². The van der Waals surface area contributed by atoms with Crippen molar-refractivity contribution in [3.63, 3.8) is 0 Å². The lowest BCUT2D eigenvalue weighted by Crippen LogP contribution is -2.42. The van der Waals surface area contributed by atoms with Crippen molar-refractivity contribution in [2.24, 2.45) is 0 Å². The van der Waals surface area contributed by atoms with Gasteiger partial charge in [0.2, 0.25) is 11.8 Å². The first-order chi connectivity index (χ1) is 12.5. The molecule has 3 rings (SSSR count). The number of aromatic nitrogens is 1. The first-order valence-electron chi connectivity index (χ1n) is 9.19. The summed E-state index contributed by atoms with van der Waals surface area (Å²) in [7, 11) is 0. The van der Waals surface area contributed by atoms with Crippen molar-refractivity contribution in [2.45, 2.75) is 39.7 Å². The fraction of sp³-hybridized carbons (Fsp3) is 0.429. The van der Waals surface area contributed by atoms with Crippen LogP contribution in [0.25, 0.3) is 0 Å². The van der Waals surface area contributed by atoms with Gasteiger partial charge in [-0.25, -0.2) is 4.98 Å². The monoisotopic (exact) mass is 353 g/mol. The Morgan fingerprint density at radius 3 is 2.62 bits per heavy atom. The maximum Gasteiger partial charge on any atom is 0.238 e. The number of rotatable bonds is 5. The minimum atomic E-state index is 0.0352. The second kappa shape index (κ2) is 8.32. The van der Waals surface area contributed by atoms with E-state index in [9.17, 15) is 4.79 Å². The number of ether oxygens (including phenoxy) is 1. The van der Waals surface area contributed by atoms with Gasteiger partial charge in [-0.05, 0) is 62.9 Å². The molecule has 0 bridgehead atoms. The summed E-state index contributed by atoms with van der Waals surface area (Å²) in [6.07, 6.45) is 1.99. The Bertz CT molecular complexity index is 768. The molecule has 0 unspecified atom stereocenters. The van der Waals surface area contributed by atoms with Crippen LogP contribution in [0.5, 0.6) is 5.88 Å². The van der Waals surface area contributed by atoms with E-state index in [4.69, 9.17) is 4.74 Å². The fourth-order valence-electron chi connectivity index (χ4n) is 3.16. The summed E-state index contributed by atoms with van der Waals surface area (Å²) < 4.78 is 5.97. The molecule has 26 heavy (non-hydrogen) atoms. The molecular weight excluding hydrogens is 326 g/mol. The van der Waals surface area contributed by atoms with E-state index >= 15 is 0 Å². The molecule has 1 fully saturated rings.